The predicted molar refractivity (Wildman–Crippen MR) is 44.7 cm³/mol. The first-order valence-corrected chi connectivity index (χ1v) is 3.45. The number of aliphatic carboxylic acids is 4. The number of carbonyl (C=O) groups excluding carboxylic acids is 4. The van der Waals surface area contributed by atoms with Crippen molar-refractivity contribution in [1.29, 1.82) is 0 Å². The van der Waals surface area contributed by atoms with Crippen LogP contribution >= 0.6 is 0 Å². The zero-order valence-corrected chi connectivity index (χ0v) is 13.1. The fraction of sp³-hybridized carbons (Fsp3) is 0. The standard InChI is InChI=1S/2C4H4O4.Ba.O/c2*5-3(6)1-2-4(7)8;;/h2*1-2H,(H,5,6)(H,7,8);;/q;;2*+2/p-4/b2*2-1-;;. The molecule has 9 nitrogen and oxygen atoms in total. The molecule has 92 valence electrons. The molecule has 18 heavy (non-hydrogen) atoms. The first kappa shape index (κ1) is 25.7. The van der Waals surface area contributed by atoms with Crippen molar-refractivity contribution in [3.8, 4) is 0 Å². The molecule has 0 aromatic carbocycles. The monoisotopic (exact) mass is 382 g/mol. The van der Waals surface area contributed by atoms with Gasteiger partial charge in [0.2, 0.25) is 0 Å². The van der Waals surface area contributed by atoms with Crippen LogP contribution in [0.25, 0.3) is 0 Å². The Morgan fingerprint density at radius 2 is 0.667 bits per heavy atom. The van der Waals surface area contributed by atoms with Crippen molar-refractivity contribution in [3.63, 3.8) is 0 Å². The molecule has 4 radical (unpaired) electrons. The summed E-state index contributed by atoms with van der Waals surface area (Å²) in [6, 6.07) is 0. The van der Waals surface area contributed by atoms with Gasteiger partial charge in [-0.2, -0.15) is 0 Å². The summed E-state index contributed by atoms with van der Waals surface area (Å²) in [5.74, 6) is -6.19. The van der Waals surface area contributed by atoms with Crippen LogP contribution in [0.5, 0.6) is 0 Å². The molecule has 0 aromatic rings. The summed E-state index contributed by atoms with van der Waals surface area (Å²) in [4.78, 5) is 37.7. The Labute approximate surface area is 141 Å². The van der Waals surface area contributed by atoms with Gasteiger partial charge in [-0.25, -0.2) is 0 Å². The maximum absolute atomic E-state index is 9.41. The van der Waals surface area contributed by atoms with Crippen LogP contribution in [0.2, 0.25) is 0 Å². The molecule has 0 unspecified atom stereocenters. The number of hydrogen-bond acceptors (Lipinski definition) is 8. The maximum atomic E-state index is 9.41. The number of carboxylic acids is 4. The van der Waals surface area contributed by atoms with Crippen molar-refractivity contribution in [2.45, 2.75) is 0 Å². The van der Waals surface area contributed by atoms with E-state index in [2.05, 4.69) is 0 Å². The van der Waals surface area contributed by atoms with Crippen molar-refractivity contribution in [1.82, 2.24) is 0 Å². The Bertz CT molecular complexity index is 278. The van der Waals surface area contributed by atoms with E-state index in [1.165, 1.54) is 0 Å². The van der Waals surface area contributed by atoms with Crippen molar-refractivity contribution in [2.75, 3.05) is 0 Å². The molecule has 0 aromatic heterocycles. The molecule has 10 heteroatoms. The van der Waals surface area contributed by atoms with E-state index in [0.717, 1.165) is 0 Å². The van der Waals surface area contributed by atoms with E-state index in [-0.39, 0.29) is 54.4 Å². The summed E-state index contributed by atoms with van der Waals surface area (Å²) in [5, 5.41) is 37.7. The fourth-order valence-corrected chi connectivity index (χ4v) is 0.272. The van der Waals surface area contributed by atoms with Crippen LogP contribution in [0.4, 0.5) is 0 Å². The summed E-state index contributed by atoms with van der Waals surface area (Å²) < 4.78 is 0. The minimum Gasteiger partial charge on any atom is -0.545 e. The molecular weight excluding hydrogens is 377 g/mol. The van der Waals surface area contributed by atoms with Crippen molar-refractivity contribution < 1.29 is 45.1 Å². The Kier molecular flexibility index (Phi) is 22.7. The average Bonchev–Trinajstić information content (AvgIpc) is 2.12. The van der Waals surface area contributed by atoms with Gasteiger partial charge in [0.15, 0.2) is 0 Å². The van der Waals surface area contributed by atoms with Gasteiger partial charge in [-0.15, -0.1) is 0 Å². The Hall–Kier alpha value is -1.11. The molecule has 0 aliphatic rings. The third-order valence-corrected chi connectivity index (χ3v) is 0.711. The van der Waals surface area contributed by atoms with Crippen LogP contribution in [0.1, 0.15) is 0 Å². The Morgan fingerprint density at radius 1 is 0.556 bits per heavy atom. The van der Waals surface area contributed by atoms with Gasteiger partial charge in [-0.05, 0) is 24.3 Å². The molecule has 0 saturated heterocycles. The van der Waals surface area contributed by atoms with Gasteiger partial charge in [0, 0.05) is 0 Å². The molecule has 0 atom stereocenters. The number of carbonyl (C=O) groups is 4. The predicted octanol–water partition coefficient (Wildman–Crippen LogP) is -6.41. The fourth-order valence-electron chi connectivity index (χ4n) is 0.272. The first-order valence-electron chi connectivity index (χ1n) is 3.45. The smallest absolute Gasteiger partial charge is 0.545 e. The topological polar surface area (TPSA) is 189 Å². The largest absolute Gasteiger partial charge is 2.00 e. The van der Waals surface area contributed by atoms with E-state index in [1.807, 2.05) is 0 Å². The molecule has 0 heterocycles. The molecular formula is C8H4BaO9. The van der Waals surface area contributed by atoms with E-state index in [4.69, 9.17) is 0 Å². The quantitative estimate of drug-likeness (QED) is 0.339. The third-order valence-electron chi connectivity index (χ3n) is 0.711. The van der Waals surface area contributed by atoms with Gasteiger partial charge in [0.1, 0.15) is 0 Å². The van der Waals surface area contributed by atoms with Crippen LogP contribution in [-0.4, -0.2) is 72.8 Å². The second-order valence-corrected chi connectivity index (χ2v) is 1.94. The molecule has 0 saturated carbocycles. The molecule has 0 bridgehead atoms. The normalized spacial score (nSPS) is 8.44. The summed E-state index contributed by atoms with van der Waals surface area (Å²) in [7, 11) is 0. The molecule has 0 spiro atoms. The summed E-state index contributed by atoms with van der Waals surface area (Å²) in [5.41, 5.74) is 0. The van der Waals surface area contributed by atoms with Crippen molar-refractivity contribution in [2.24, 2.45) is 0 Å². The molecule has 0 rings (SSSR count). The van der Waals surface area contributed by atoms with Crippen LogP contribution in [-0.2, 0) is 24.7 Å². The van der Waals surface area contributed by atoms with E-state index in [9.17, 15) is 39.6 Å². The second kappa shape index (κ2) is 15.9. The minimum absolute atomic E-state index is 0. The van der Waals surface area contributed by atoms with Crippen LogP contribution in [0.3, 0.4) is 0 Å². The van der Waals surface area contributed by atoms with Crippen LogP contribution < -0.4 is 20.4 Å². The molecule has 0 amide bonds. The zero-order chi connectivity index (χ0) is 13.1. The Morgan fingerprint density at radius 3 is 0.722 bits per heavy atom. The SMILES string of the molecule is O=C([O-])/C=C\C(=O)[O-].O=C([O-])/C=C\C(=O)[O-].[Ba+2].[O+2]. The van der Waals surface area contributed by atoms with Crippen LogP contribution in [0.15, 0.2) is 24.3 Å². The van der Waals surface area contributed by atoms with E-state index in [0.29, 0.717) is 24.3 Å². The molecule has 0 N–H and O–H groups in total. The average molecular weight is 381 g/mol. The number of hydrogen-bond donors (Lipinski definition) is 0. The molecule has 0 fully saturated rings. The maximum Gasteiger partial charge on any atom is 2.00 e. The van der Waals surface area contributed by atoms with Crippen LogP contribution in [0, 0.1) is 0 Å². The Balaban J connectivity index is -0.0000000980. The van der Waals surface area contributed by atoms with Crippen molar-refractivity contribution in [3.05, 3.63) is 24.3 Å². The van der Waals surface area contributed by atoms with Crippen molar-refractivity contribution >= 4 is 72.8 Å². The summed E-state index contributed by atoms with van der Waals surface area (Å²) >= 11 is 0. The van der Waals surface area contributed by atoms with Gasteiger partial charge in [0.05, 0.1) is 23.9 Å². The summed E-state index contributed by atoms with van der Waals surface area (Å²) in [6.07, 6.45) is 1.54. The zero-order valence-electron chi connectivity index (χ0n) is 8.69. The number of rotatable bonds is 4. The number of carboxylic acid groups (broad SMARTS) is 4. The molecule has 0 aliphatic heterocycles. The summed E-state index contributed by atoms with van der Waals surface area (Å²) in [6.45, 7) is 0. The van der Waals surface area contributed by atoms with E-state index < -0.39 is 23.9 Å². The van der Waals surface area contributed by atoms with Gasteiger partial charge in [-0.3, -0.25) is 0 Å². The van der Waals surface area contributed by atoms with E-state index in [1.54, 1.807) is 0 Å². The minimum atomic E-state index is -1.55. The second-order valence-electron chi connectivity index (χ2n) is 1.94. The molecule has 0 aliphatic carbocycles. The van der Waals surface area contributed by atoms with Gasteiger partial charge in [-0.1, -0.05) is 0 Å². The van der Waals surface area contributed by atoms with Gasteiger partial charge < -0.3 is 39.6 Å². The van der Waals surface area contributed by atoms with Gasteiger partial charge in [0.25, 0.3) is 0 Å². The van der Waals surface area contributed by atoms with Gasteiger partial charge >= 0.3 is 54.4 Å². The third kappa shape index (κ3) is 36.3. The van der Waals surface area contributed by atoms with E-state index >= 15 is 0 Å². The first-order chi connectivity index (χ1) is 7.25.